The van der Waals surface area contributed by atoms with Crippen LogP contribution in [0.15, 0.2) is 48.5 Å². The van der Waals surface area contributed by atoms with Crippen LogP contribution in [0.5, 0.6) is 5.75 Å². The quantitative estimate of drug-likeness (QED) is 0.723. The molecule has 2 aromatic carbocycles. The Kier molecular flexibility index (Phi) is 2.00. The maximum Gasteiger partial charge on any atom is 0.203 e. The maximum atomic E-state index is 11.5. The van der Waals surface area contributed by atoms with Crippen molar-refractivity contribution in [1.82, 2.24) is 0 Å². The molecule has 2 aromatic rings. The average Bonchev–Trinajstić information content (AvgIpc) is 2.72. The summed E-state index contributed by atoms with van der Waals surface area (Å²) < 4.78 is 5.25. The third-order valence-corrected chi connectivity index (χ3v) is 2.75. The molecule has 0 saturated carbocycles. The van der Waals surface area contributed by atoms with Crippen LogP contribution >= 0.6 is 0 Å². The molecular weight excluding hydrogens is 200 g/mol. The van der Waals surface area contributed by atoms with Gasteiger partial charge in [0.25, 0.3) is 0 Å². The maximum absolute atomic E-state index is 11.5. The van der Waals surface area contributed by atoms with E-state index >= 15 is 0 Å². The second-order valence-corrected chi connectivity index (χ2v) is 3.79. The zero-order valence-corrected chi connectivity index (χ0v) is 8.64. The van der Waals surface area contributed by atoms with Gasteiger partial charge in [-0.1, -0.05) is 36.4 Å². The van der Waals surface area contributed by atoms with Crippen molar-refractivity contribution in [3.63, 3.8) is 0 Å². The Bertz CT molecular complexity index is 544. The Morgan fingerprint density at radius 3 is 2.56 bits per heavy atom. The van der Waals surface area contributed by atoms with E-state index in [0.717, 1.165) is 11.1 Å². The molecule has 1 aliphatic rings. The molecule has 3 rings (SSSR count). The molecule has 0 fully saturated rings. The van der Waals surface area contributed by atoms with E-state index in [0.29, 0.717) is 11.3 Å². The Morgan fingerprint density at radius 2 is 1.75 bits per heavy atom. The molecule has 2 nitrogen and oxygen atoms in total. The fraction of sp³-hybridized carbons (Fsp3) is 0.0714. The highest BCUT2D eigenvalue weighted by atomic mass is 16.5. The number of rotatable bonds is 1. The van der Waals surface area contributed by atoms with Gasteiger partial charge in [0, 0.05) is 0 Å². The van der Waals surface area contributed by atoms with E-state index < -0.39 is 0 Å². The van der Waals surface area contributed by atoms with Crippen LogP contribution in [-0.2, 0) is 0 Å². The van der Waals surface area contributed by atoms with E-state index in [1.54, 1.807) is 0 Å². The van der Waals surface area contributed by atoms with Crippen molar-refractivity contribution in [2.24, 2.45) is 0 Å². The second kappa shape index (κ2) is 3.49. The van der Waals surface area contributed by atoms with Gasteiger partial charge in [-0.25, -0.2) is 0 Å². The molecule has 1 aliphatic heterocycles. The lowest BCUT2D eigenvalue weighted by Gasteiger charge is -2.03. The first-order valence-corrected chi connectivity index (χ1v) is 5.20. The normalized spacial score (nSPS) is 13.4. The van der Waals surface area contributed by atoms with Gasteiger partial charge in [0.2, 0.25) is 5.78 Å². The number of hydrogen-bond donors (Lipinski definition) is 0. The van der Waals surface area contributed by atoms with E-state index in [2.05, 4.69) is 0 Å². The summed E-state index contributed by atoms with van der Waals surface area (Å²) in [5.74, 6) is 0.762. The Hall–Kier alpha value is -2.09. The first kappa shape index (κ1) is 9.16. The number of hydrogen-bond acceptors (Lipinski definition) is 2. The molecule has 0 amide bonds. The number of carbonyl (C=O) groups is 1. The van der Waals surface area contributed by atoms with Crippen LogP contribution in [0, 0.1) is 0 Å². The molecule has 0 N–H and O–H groups in total. The van der Waals surface area contributed by atoms with Crippen molar-refractivity contribution in [3.05, 3.63) is 54.1 Å². The Labute approximate surface area is 93.5 Å². The molecule has 0 bridgehead atoms. The molecule has 0 unspecified atom stereocenters. The highest BCUT2D eigenvalue weighted by molar-refractivity contribution is 6.03. The molecule has 16 heavy (non-hydrogen) atoms. The van der Waals surface area contributed by atoms with Crippen LogP contribution in [0.4, 0.5) is 0 Å². The van der Waals surface area contributed by atoms with E-state index in [4.69, 9.17) is 4.74 Å². The largest absolute Gasteiger partial charge is 0.485 e. The van der Waals surface area contributed by atoms with E-state index in [9.17, 15) is 4.79 Å². The monoisotopic (exact) mass is 210 g/mol. The van der Waals surface area contributed by atoms with E-state index in [1.807, 2.05) is 48.5 Å². The topological polar surface area (TPSA) is 26.3 Å². The van der Waals surface area contributed by atoms with Crippen LogP contribution < -0.4 is 4.74 Å². The molecule has 0 aromatic heterocycles. The van der Waals surface area contributed by atoms with Crippen LogP contribution in [0.1, 0.15) is 10.4 Å². The molecule has 0 saturated heterocycles. The predicted molar refractivity (Wildman–Crippen MR) is 61.7 cm³/mol. The minimum absolute atomic E-state index is 0.0628. The number of ether oxygens (including phenoxy) is 1. The number of fused-ring (bicyclic) bond motifs is 1. The lowest BCUT2D eigenvalue weighted by atomic mass is 10.0. The summed E-state index contributed by atoms with van der Waals surface area (Å²) in [4.78, 5) is 11.5. The molecule has 0 radical (unpaired) electrons. The summed E-state index contributed by atoms with van der Waals surface area (Å²) in [5.41, 5.74) is 2.87. The lowest BCUT2D eigenvalue weighted by Crippen LogP contribution is -1.98. The van der Waals surface area contributed by atoms with Crippen molar-refractivity contribution in [2.75, 3.05) is 6.61 Å². The van der Waals surface area contributed by atoms with Gasteiger partial charge in [-0.15, -0.1) is 0 Å². The zero-order chi connectivity index (χ0) is 11.0. The van der Waals surface area contributed by atoms with Gasteiger partial charge >= 0.3 is 0 Å². The summed E-state index contributed by atoms with van der Waals surface area (Å²) in [5, 5.41) is 0. The average molecular weight is 210 g/mol. The number of benzene rings is 2. The van der Waals surface area contributed by atoms with Gasteiger partial charge in [0.1, 0.15) is 5.75 Å². The smallest absolute Gasteiger partial charge is 0.203 e. The van der Waals surface area contributed by atoms with Gasteiger partial charge in [-0.2, -0.15) is 0 Å². The van der Waals surface area contributed by atoms with Crippen LogP contribution in [-0.4, -0.2) is 12.4 Å². The van der Waals surface area contributed by atoms with Gasteiger partial charge in [-0.3, -0.25) is 4.79 Å². The van der Waals surface area contributed by atoms with Gasteiger partial charge in [0.05, 0.1) is 5.56 Å². The molecule has 0 aliphatic carbocycles. The molecular formula is C14H10O2. The standard InChI is InChI=1S/C14H10O2/c15-13-9-16-14-7-6-11(8-12(13)14)10-4-2-1-3-5-10/h1-8H,9H2. The first-order valence-electron chi connectivity index (χ1n) is 5.20. The first-order chi connectivity index (χ1) is 7.84. The van der Waals surface area contributed by atoms with Crippen molar-refractivity contribution >= 4 is 5.78 Å². The van der Waals surface area contributed by atoms with Crippen molar-refractivity contribution in [1.29, 1.82) is 0 Å². The summed E-state index contributed by atoms with van der Waals surface area (Å²) in [6.07, 6.45) is 0. The molecule has 78 valence electrons. The second-order valence-electron chi connectivity index (χ2n) is 3.79. The summed E-state index contributed by atoms with van der Waals surface area (Å²) in [6.45, 7) is 0.174. The lowest BCUT2D eigenvalue weighted by molar-refractivity contribution is 0.0961. The third kappa shape index (κ3) is 1.39. The van der Waals surface area contributed by atoms with Gasteiger partial charge in [0.15, 0.2) is 6.61 Å². The SMILES string of the molecule is O=C1COc2ccc(-c3ccccc3)cc21. The number of Topliss-reactive ketones (excluding diaryl/α,β-unsaturated/α-hetero) is 1. The predicted octanol–water partition coefficient (Wildman–Crippen LogP) is 2.93. The van der Waals surface area contributed by atoms with E-state index in [1.165, 1.54) is 0 Å². The highest BCUT2D eigenvalue weighted by Crippen LogP contribution is 2.30. The Balaban J connectivity index is 2.11. The minimum atomic E-state index is 0.0628. The van der Waals surface area contributed by atoms with Gasteiger partial charge in [-0.05, 0) is 23.3 Å². The highest BCUT2D eigenvalue weighted by Gasteiger charge is 2.21. The van der Waals surface area contributed by atoms with Crippen LogP contribution in [0.2, 0.25) is 0 Å². The summed E-state index contributed by atoms with van der Waals surface area (Å²) in [7, 11) is 0. The van der Waals surface area contributed by atoms with Crippen molar-refractivity contribution in [3.8, 4) is 16.9 Å². The number of carbonyl (C=O) groups excluding carboxylic acids is 1. The fourth-order valence-corrected chi connectivity index (χ4v) is 1.90. The third-order valence-electron chi connectivity index (χ3n) is 2.75. The zero-order valence-electron chi connectivity index (χ0n) is 8.64. The Morgan fingerprint density at radius 1 is 0.938 bits per heavy atom. The molecule has 0 spiro atoms. The number of ketones is 1. The minimum Gasteiger partial charge on any atom is -0.485 e. The molecule has 2 heteroatoms. The summed E-state index contributed by atoms with van der Waals surface area (Å²) >= 11 is 0. The molecule has 1 heterocycles. The fourth-order valence-electron chi connectivity index (χ4n) is 1.90. The van der Waals surface area contributed by atoms with Crippen molar-refractivity contribution < 1.29 is 9.53 Å². The van der Waals surface area contributed by atoms with Crippen LogP contribution in [0.25, 0.3) is 11.1 Å². The molecule has 0 atom stereocenters. The van der Waals surface area contributed by atoms with Crippen LogP contribution in [0.3, 0.4) is 0 Å². The van der Waals surface area contributed by atoms with Crippen molar-refractivity contribution in [2.45, 2.75) is 0 Å². The van der Waals surface area contributed by atoms with Gasteiger partial charge < -0.3 is 4.74 Å². The van der Waals surface area contributed by atoms with E-state index in [-0.39, 0.29) is 12.4 Å². The summed E-state index contributed by atoms with van der Waals surface area (Å²) in [6, 6.07) is 15.8.